The number of furan rings is 1. The van der Waals surface area contributed by atoms with E-state index in [9.17, 15) is 0 Å². The Morgan fingerprint density at radius 1 is 0.359 bits per heavy atom. The molecule has 11 aromatic rings. The molecule has 3 aliphatic carbocycles. The Morgan fingerprint density at radius 2 is 0.969 bits per heavy atom. The van der Waals surface area contributed by atoms with Gasteiger partial charge in [-0.25, -0.2) is 0 Å². The number of hydrogen-bond donors (Lipinski definition) is 0. The van der Waals surface area contributed by atoms with Gasteiger partial charge in [0.25, 0.3) is 0 Å². The molecule has 0 aliphatic heterocycles. The van der Waals surface area contributed by atoms with Gasteiger partial charge in [-0.2, -0.15) is 0 Å². The Balaban J connectivity index is 1.13. The van der Waals surface area contributed by atoms with Gasteiger partial charge in [-0.15, -0.1) is 0 Å². The molecule has 1 atom stereocenters. The standard InChI is InChI=1S/C62H39NO/c1-2-17-39(18-3-1)43-20-10-14-30-56(43)63(57-31-16-27-50-49-25-11-15-32-58(49)64-61(50)57)42-34-35-48-46-23-7-6-22-45(46)47-24-8-12-28-52(47)62(55(48)38-42)53-29-13-9-26-51(53)60-54(62)36-33-41-37-40-19-4-5-21-44(40)59(41)60/h1-36,38H,37H2. The van der Waals surface area contributed by atoms with Gasteiger partial charge < -0.3 is 9.32 Å². The average molecular weight is 814 g/mol. The van der Waals surface area contributed by atoms with Gasteiger partial charge in [-0.05, 0) is 120 Å². The quantitative estimate of drug-likeness (QED) is 0.176. The SMILES string of the molecule is c1ccc(-c2ccccc2N(c2ccc3c(c2)C2(c4ccccc4-c4ccccc4-3)c3ccccc3-c3c2ccc2c3-c3ccccc3C2)c2cccc3c2oc2ccccc23)cc1. The van der Waals surface area contributed by atoms with Crippen LogP contribution < -0.4 is 4.90 Å². The van der Waals surface area contributed by atoms with Crippen LogP contribution in [-0.4, -0.2) is 0 Å². The molecule has 2 heteroatoms. The summed E-state index contributed by atoms with van der Waals surface area (Å²) >= 11 is 0. The van der Waals surface area contributed by atoms with Gasteiger partial charge in [0.1, 0.15) is 5.58 Å². The zero-order valence-electron chi connectivity index (χ0n) is 34.9. The number of nitrogens with zero attached hydrogens (tertiary/aromatic N) is 1. The molecule has 0 saturated heterocycles. The second kappa shape index (κ2) is 13.4. The van der Waals surface area contributed by atoms with Crippen molar-refractivity contribution in [2.75, 3.05) is 4.90 Å². The van der Waals surface area contributed by atoms with Crippen LogP contribution in [0.25, 0.3) is 77.6 Å². The minimum Gasteiger partial charge on any atom is -0.454 e. The van der Waals surface area contributed by atoms with Crippen LogP contribution in [0.2, 0.25) is 0 Å². The van der Waals surface area contributed by atoms with Crippen molar-refractivity contribution in [3.8, 4) is 55.6 Å². The van der Waals surface area contributed by atoms with E-state index in [0.717, 1.165) is 56.5 Å². The molecule has 0 saturated carbocycles. The maximum absolute atomic E-state index is 6.89. The Hall–Kier alpha value is -8.20. The summed E-state index contributed by atoms with van der Waals surface area (Å²) in [6.45, 7) is 0. The number of para-hydroxylation sites is 3. The van der Waals surface area contributed by atoms with E-state index < -0.39 is 5.41 Å². The first kappa shape index (κ1) is 35.4. The van der Waals surface area contributed by atoms with Gasteiger partial charge in [-0.1, -0.05) is 194 Å². The minimum atomic E-state index is -0.657. The van der Waals surface area contributed by atoms with Crippen LogP contribution in [0.3, 0.4) is 0 Å². The van der Waals surface area contributed by atoms with Crippen LogP contribution in [0.15, 0.2) is 229 Å². The van der Waals surface area contributed by atoms with Crippen LogP contribution >= 0.6 is 0 Å². The van der Waals surface area contributed by atoms with Crippen molar-refractivity contribution < 1.29 is 4.42 Å². The number of anilines is 3. The summed E-state index contributed by atoms with van der Waals surface area (Å²) in [5.74, 6) is 0. The first-order valence-electron chi connectivity index (χ1n) is 22.3. The lowest BCUT2D eigenvalue weighted by Gasteiger charge is -2.37. The van der Waals surface area contributed by atoms with E-state index in [1.807, 2.05) is 0 Å². The molecule has 64 heavy (non-hydrogen) atoms. The number of fused-ring (bicyclic) bond motifs is 19. The number of hydrogen-bond acceptors (Lipinski definition) is 2. The topological polar surface area (TPSA) is 16.4 Å². The zero-order valence-corrected chi connectivity index (χ0v) is 34.9. The van der Waals surface area contributed by atoms with Gasteiger partial charge in [0.05, 0.1) is 16.8 Å². The largest absolute Gasteiger partial charge is 0.454 e. The summed E-state index contributed by atoms with van der Waals surface area (Å²) in [4.78, 5) is 2.45. The predicted molar refractivity (Wildman–Crippen MR) is 264 cm³/mol. The second-order valence-corrected chi connectivity index (χ2v) is 17.4. The van der Waals surface area contributed by atoms with Crippen LogP contribution in [0, 0.1) is 0 Å². The molecule has 2 nitrogen and oxygen atoms in total. The first-order chi connectivity index (χ1) is 31.8. The predicted octanol–water partition coefficient (Wildman–Crippen LogP) is 16.3. The monoisotopic (exact) mass is 813 g/mol. The summed E-state index contributed by atoms with van der Waals surface area (Å²) in [7, 11) is 0. The fourth-order valence-corrected chi connectivity index (χ4v) is 11.8. The lowest BCUT2D eigenvalue weighted by molar-refractivity contribution is 0.669. The normalized spacial score (nSPS) is 14.9. The molecule has 1 aromatic heterocycles. The summed E-state index contributed by atoms with van der Waals surface area (Å²) in [5.41, 5.74) is 24.9. The molecule has 10 aromatic carbocycles. The highest BCUT2D eigenvalue weighted by molar-refractivity contribution is 6.11. The van der Waals surface area contributed by atoms with Gasteiger partial charge in [0, 0.05) is 22.0 Å². The summed E-state index contributed by atoms with van der Waals surface area (Å²) in [5, 5.41) is 2.20. The van der Waals surface area contributed by atoms with Crippen molar-refractivity contribution in [2.24, 2.45) is 0 Å². The summed E-state index contributed by atoms with van der Waals surface area (Å²) in [6, 6.07) is 83.2. The molecular formula is C62H39NO. The fraction of sp³-hybridized carbons (Fsp3) is 0.0323. The molecule has 1 heterocycles. The molecule has 0 bridgehead atoms. The maximum atomic E-state index is 6.89. The van der Waals surface area contributed by atoms with Crippen LogP contribution in [0.1, 0.15) is 33.4 Å². The molecule has 14 rings (SSSR count). The lowest BCUT2D eigenvalue weighted by Crippen LogP contribution is -2.29. The van der Waals surface area contributed by atoms with Crippen molar-refractivity contribution in [3.63, 3.8) is 0 Å². The molecule has 1 spiro atoms. The van der Waals surface area contributed by atoms with Crippen molar-refractivity contribution in [3.05, 3.63) is 258 Å². The molecule has 0 amide bonds. The third kappa shape index (κ3) is 4.74. The number of benzene rings is 10. The van der Waals surface area contributed by atoms with Gasteiger partial charge in [0.2, 0.25) is 0 Å². The van der Waals surface area contributed by atoms with E-state index in [4.69, 9.17) is 4.42 Å². The Morgan fingerprint density at radius 3 is 1.80 bits per heavy atom. The summed E-state index contributed by atoms with van der Waals surface area (Å²) < 4.78 is 6.89. The molecule has 0 N–H and O–H groups in total. The van der Waals surface area contributed by atoms with Crippen LogP contribution in [0.5, 0.6) is 0 Å². The molecule has 298 valence electrons. The smallest absolute Gasteiger partial charge is 0.159 e. The Bertz CT molecular complexity index is 3720. The second-order valence-electron chi connectivity index (χ2n) is 17.4. The van der Waals surface area contributed by atoms with Crippen LogP contribution in [-0.2, 0) is 11.8 Å². The highest BCUT2D eigenvalue weighted by Crippen LogP contribution is 2.64. The van der Waals surface area contributed by atoms with E-state index in [2.05, 4.69) is 229 Å². The molecule has 1 unspecified atom stereocenters. The first-order valence-corrected chi connectivity index (χ1v) is 22.3. The number of rotatable bonds is 4. The zero-order chi connectivity index (χ0) is 41.9. The van der Waals surface area contributed by atoms with Crippen molar-refractivity contribution >= 4 is 39.0 Å². The molecule has 3 aliphatic rings. The molecule has 0 fully saturated rings. The van der Waals surface area contributed by atoms with E-state index in [0.29, 0.717) is 0 Å². The van der Waals surface area contributed by atoms with Crippen LogP contribution in [0.4, 0.5) is 17.1 Å². The fourth-order valence-electron chi connectivity index (χ4n) is 11.8. The van der Waals surface area contributed by atoms with Crippen molar-refractivity contribution in [1.82, 2.24) is 0 Å². The highest BCUT2D eigenvalue weighted by Gasteiger charge is 2.51. The van der Waals surface area contributed by atoms with Gasteiger partial charge in [0.15, 0.2) is 5.58 Å². The summed E-state index contributed by atoms with van der Waals surface area (Å²) in [6.07, 6.45) is 0.944. The van der Waals surface area contributed by atoms with Gasteiger partial charge in [-0.3, -0.25) is 0 Å². The van der Waals surface area contributed by atoms with Crippen molar-refractivity contribution in [1.29, 1.82) is 0 Å². The molecular weight excluding hydrogens is 775 g/mol. The van der Waals surface area contributed by atoms with E-state index in [-0.39, 0.29) is 0 Å². The third-order valence-electron chi connectivity index (χ3n) is 14.3. The van der Waals surface area contributed by atoms with E-state index in [1.165, 1.54) is 77.9 Å². The average Bonchev–Trinajstić information content (AvgIpc) is 4.01. The third-order valence-corrected chi connectivity index (χ3v) is 14.3. The van der Waals surface area contributed by atoms with E-state index in [1.54, 1.807) is 0 Å². The van der Waals surface area contributed by atoms with E-state index >= 15 is 0 Å². The van der Waals surface area contributed by atoms with Gasteiger partial charge >= 0.3 is 0 Å². The minimum absolute atomic E-state index is 0.657. The molecule has 0 radical (unpaired) electrons. The maximum Gasteiger partial charge on any atom is 0.159 e. The Kier molecular flexibility index (Phi) is 7.41. The highest BCUT2D eigenvalue weighted by atomic mass is 16.3. The Labute approximate surface area is 372 Å². The lowest BCUT2D eigenvalue weighted by atomic mass is 9.65. The van der Waals surface area contributed by atoms with Crippen molar-refractivity contribution in [2.45, 2.75) is 11.8 Å².